The van der Waals surface area contributed by atoms with Gasteiger partial charge in [0, 0.05) is 16.7 Å². The zero-order chi connectivity index (χ0) is 13.8. The summed E-state index contributed by atoms with van der Waals surface area (Å²) in [5.41, 5.74) is 7.03. The van der Waals surface area contributed by atoms with Crippen molar-refractivity contribution in [2.24, 2.45) is 0 Å². The molecule has 0 aliphatic rings. The van der Waals surface area contributed by atoms with Crippen molar-refractivity contribution in [3.8, 4) is 5.75 Å². The molecule has 5 nitrogen and oxygen atoms in total. The van der Waals surface area contributed by atoms with Gasteiger partial charge in [-0.05, 0) is 34.1 Å². The standard InChI is InChI=1S/C13H12BrN3O2/c1-19-8-2-3-10(14)12(6-8)17-13(18)9-4-5-16-7-11(9)15/h2-7H,15H2,1H3,(H,17,18). The Labute approximate surface area is 118 Å². The Kier molecular flexibility index (Phi) is 4.01. The van der Waals surface area contributed by atoms with Gasteiger partial charge in [0.2, 0.25) is 0 Å². The SMILES string of the molecule is COc1ccc(Br)c(NC(=O)c2ccncc2N)c1. The highest BCUT2D eigenvalue weighted by Gasteiger charge is 2.11. The lowest BCUT2D eigenvalue weighted by molar-refractivity contribution is 0.102. The zero-order valence-electron chi connectivity index (χ0n) is 10.2. The molecular weight excluding hydrogens is 310 g/mol. The van der Waals surface area contributed by atoms with Gasteiger partial charge in [-0.1, -0.05) is 0 Å². The van der Waals surface area contributed by atoms with Gasteiger partial charge >= 0.3 is 0 Å². The van der Waals surface area contributed by atoms with Gasteiger partial charge in [0.25, 0.3) is 5.91 Å². The number of nitrogens with one attached hydrogen (secondary N) is 1. The lowest BCUT2D eigenvalue weighted by atomic mass is 10.2. The molecule has 98 valence electrons. The Morgan fingerprint density at radius 2 is 2.21 bits per heavy atom. The van der Waals surface area contributed by atoms with Crippen LogP contribution in [0, 0.1) is 0 Å². The topological polar surface area (TPSA) is 77.2 Å². The molecule has 0 radical (unpaired) electrons. The summed E-state index contributed by atoms with van der Waals surface area (Å²) >= 11 is 3.37. The number of anilines is 2. The predicted molar refractivity (Wildman–Crippen MR) is 77.3 cm³/mol. The summed E-state index contributed by atoms with van der Waals surface area (Å²) in [5.74, 6) is 0.357. The van der Waals surface area contributed by atoms with Crippen LogP contribution in [-0.4, -0.2) is 18.0 Å². The first-order valence-electron chi connectivity index (χ1n) is 5.46. The van der Waals surface area contributed by atoms with Crippen molar-refractivity contribution >= 4 is 33.2 Å². The third-order valence-corrected chi connectivity index (χ3v) is 3.21. The Bertz CT molecular complexity index is 617. The van der Waals surface area contributed by atoms with E-state index in [1.807, 2.05) is 0 Å². The van der Waals surface area contributed by atoms with E-state index in [9.17, 15) is 4.79 Å². The number of nitrogens with two attached hydrogens (primary N) is 1. The maximum atomic E-state index is 12.1. The Morgan fingerprint density at radius 3 is 2.89 bits per heavy atom. The van der Waals surface area contributed by atoms with Gasteiger partial charge in [0.1, 0.15) is 5.75 Å². The van der Waals surface area contributed by atoms with E-state index in [1.165, 1.54) is 12.4 Å². The molecule has 2 rings (SSSR count). The average molecular weight is 322 g/mol. The first-order chi connectivity index (χ1) is 9.11. The zero-order valence-corrected chi connectivity index (χ0v) is 11.8. The number of hydrogen-bond donors (Lipinski definition) is 2. The van der Waals surface area contributed by atoms with E-state index in [2.05, 4.69) is 26.2 Å². The largest absolute Gasteiger partial charge is 0.497 e. The van der Waals surface area contributed by atoms with Gasteiger partial charge in [0.05, 0.1) is 30.2 Å². The number of carbonyl (C=O) groups is 1. The normalized spacial score (nSPS) is 10.0. The summed E-state index contributed by atoms with van der Waals surface area (Å²) in [6, 6.07) is 6.88. The molecule has 2 aromatic rings. The molecule has 0 aliphatic carbocycles. The van der Waals surface area contributed by atoms with E-state index in [1.54, 1.807) is 31.4 Å². The molecule has 0 fully saturated rings. The number of halogens is 1. The predicted octanol–water partition coefficient (Wildman–Crippen LogP) is 2.69. The molecule has 1 heterocycles. The van der Waals surface area contributed by atoms with Crippen LogP contribution in [-0.2, 0) is 0 Å². The molecule has 1 aromatic heterocycles. The van der Waals surface area contributed by atoms with E-state index in [0.29, 0.717) is 22.7 Å². The minimum Gasteiger partial charge on any atom is -0.497 e. The summed E-state index contributed by atoms with van der Waals surface area (Å²) in [5, 5.41) is 2.77. The first-order valence-corrected chi connectivity index (χ1v) is 6.25. The number of methoxy groups -OCH3 is 1. The molecule has 0 saturated heterocycles. The molecule has 1 aromatic carbocycles. The van der Waals surface area contributed by atoms with Crippen molar-refractivity contribution in [1.82, 2.24) is 4.98 Å². The van der Waals surface area contributed by atoms with E-state index in [-0.39, 0.29) is 5.91 Å². The molecule has 0 saturated carbocycles. The third kappa shape index (κ3) is 3.03. The summed E-state index contributed by atoms with van der Waals surface area (Å²) in [6.45, 7) is 0. The molecule has 0 unspecified atom stereocenters. The molecule has 19 heavy (non-hydrogen) atoms. The third-order valence-electron chi connectivity index (χ3n) is 2.52. The van der Waals surface area contributed by atoms with Crippen molar-refractivity contribution in [3.05, 3.63) is 46.7 Å². The van der Waals surface area contributed by atoms with Gasteiger partial charge in [0.15, 0.2) is 0 Å². The number of carbonyl (C=O) groups excluding carboxylic acids is 1. The van der Waals surface area contributed by atoms with Crippen LogP contribution in [0.5, 0.6) is 5.75 Å². The number of amides is 1. The molecular formula is C13H12BrN3O2. The number of benzene rings is 1. The first kappa shape index (κ1) is 13.4. The van der Waals surface area contributed by atoms with E-state index in [0.717, 1.165) is 4.47 Å². The van der Waals surface area contributed by atoms with Gasteiger partial charge in [-0.2, -0.15) is 0 Å². The molecule has 0 spiro atoms. The van der Waals surface area contributed by atoms with Gasteiger partial charge in [-0.3, -0.25) is 9.78 Å². The highest BCUT2D eigenvalue weighted by atomic mass is 79.9. The van der Waals surface area contributed by atoms with Crippen LogP contribution in [0.1, 0.15) is 10.4 Å². The molecule has 6 heteroatoms. The van der Waals surface area contributed by atoms with Crippen LogP contribution < -0.4 is 15.8 Å². The van der Waals surface area contributed by atoms with Crippen LogP contribution in [0.15, 0.2) is 41.1 Å². The number of aromatic nitrogens is 1. The Morgan fingerprint density at radius 1 is 1.42 bits per heavy atom. The van der Waals surface area contributed by atoms with Crippen molar-refractivity contribution in [2.75, 3.05) is 18.2 Å². The minimum atomic E-state index is -0.297. The number of nitrogens with zero attached hydrogens (tertiary/aromatic N) is 1. The van der Waals surface area contributed by atoms with E-state index in [4.69, 9.17) is 10.5 Å². The minimum absolute atomic E-state index is 0.297. The number of nitrogen functional groups attached to an aromatic ring is 1. The maximum absolute atomic E-state index is 12.1. The van der Waals surface area contributed by atoms with Gasteiger partial charge < -0.3 is 15.8 Å². The monoisotopic (exact) mass is 321 g/mol. The number of ether oxygens (including phenoxy) is 1. The maximum Gasteiger partial charge on any atom is 0.257 e. The average Bonchev–Trinajstić information content (AvgIpc) is 2.41. The summed E-state index contributed by atoms with van der Waals surface area (Å²) in [4.78, 5) is 16.0. The van der Waals surface area contributed by atoms with Crippen LogP contribution >= 0.6 is 15.9 Å². The van der Waals surface area contributed by atoms with E-state index < -0.39 is 0 Å². The highest BCUT2D eigenvalue weighted by molar-refractivity contribution is 9.10. The Hall–Kier alpha value is -2.08. The van der Waals surface area contributed by atoms with Crippen molar-refractivity contribution in [3.63, 3.8) is 0 Å². The van der Waals surface area contributed by atoms with Gasteiger partial charge in [-0.15, -0.1) is 0 Å². The van der Waals surface area contributed by atoms with E-state index >= 15 is 0 Å². The molecule has 1 amide bonds. The Balaban J connectivity index is 2.26. The fourth-order valence-electron chi connectivity index (χ4n) is 1.53. The molecule has 3 N–H and O–H groups in total. The van der Waals surface area contributed by atoms with Gasteiger partial charge in [-0.25, -0.2) is 0 Å². The van der Waals surface area contributed by atoms with Crippen LogP contribution in [0.3, 0.4) is 0 Å². The second-order valence-corrected chi connectivity index (χ2v) is 4.62. The summed E-state index contributed by atoms with van der Waals surface area (Å²) in [6.07, 6.45) is 2.96. The fourth-order valence-corrected chi connectivity index (χ4v) is 1.88. The molecule has 0 bridgehead atoms. The lowest BCUT2D eigenvalue weighted by Gasteiger charge is -2.10. The quantitative estimate of drug-likeness (QED) is 0.911. The van der Waals surface area contributed by atoms with Crippen molar-refractivity contribution < 1.29 is 9.53 Å². The van der Waals surface area contributed by atoms with Crippen LogP contribution in [0.2, 0.25) is 0 Å². The smallest absolute Gasteiger partial charge is 0.257 e. The second kappa shape index (κ2) is 5.71. The fraction of sp³-hybridized carbons (Fsp3) is 0.0769. The lowest BCUT2D eigenvalue weighted by Crippen LogP contribution is -2.14. The number of pyridine rings is 1. The highest BCUT2D eigenvalue weighted by Crippen LogP contribution is 2.27. The number of hydrogen-bond acceptors (Lipinski definition) is 4. The van der Waals surface area contributed by atoms with Crippen molar-refractivity contribution in [2.45, 2.75) is 0 Å². The molecule has 0 atom stereocenters. The second-order valence-electron chi connectivity index (χ2n) is 3.76. The number of rotatable bonds is 3. The summed E-state index contributed by atoms with van der Waals surface area (Å²) in [7, 11) is 1.57. The van der Waals surface area contributed by atoms with Crippen LogP contribution in [0.25, 0.3) is 0 Å². The molecule has 0 aliphatic heterocycles. The summed E-state index contributed by atoms with van der Waals surface area (Å²) < 4.78 is 5.87. The van der Waals surface area contributed by atoms with Crippen molar-refractivity contribution in [1.29, 1.82) is 0 Å². The van der Waals surface area contributed by atoms with Crippen LogP contribution in [0.4, 0.5) is 11.4 Å².